The van der Waals surface area contributed by atoms with Crippen molar-refractivity contribution in [1.82, 2.24) is 0 Å². The fourth-order valence-corrected chi connectivity index (χ4v) is 5.53. The van der Waals surface area contributed by atoms with Crippen LogP contribution >= 0.6 is 0 Å². The van der Waals surface area contributed by atoms with Crippen molar-refractivity contribution >= 4 is 24.5 Å². The second kappa shape index (κ2) is 7.27. The molecule has 0 spiro atoms. The molecule has 2 unspecified atom stereocenters. The van der Waals surface area contributed by atoms with Gasteiger partial charge < -0.3 is 0 Å². The van der Waals surface area contributed by atoms with Crippen LogP contribution in [-0.2, 0) is 11.2 Å². The first-order valence-corrected chi connectivity index (χ1v) is 10.0. The summed E-state index contributed by atoms with van der Waals surface area (Å²) in [5, 5.41) is 0. The van der Waals surface area contributed by atoms with Crippen molar-refractivity contribution in [3.63, 3.8) is 0 Å². The molecule has 2 aromatic rings. The van der Waals surface area contributed by atoms with Gasteiger partial charge in [0.2, 0.25) is 0 Å². The Bertz CT molecular complexity index is 511. The van der Waals surface area contributed by atoms with Crippen LogP contribution in [0.2, 0.25) is 4.47 Å². The molecule has 2 atom stereocenters. The van der Waals surface area contributed by atoms with Crippen molar-refractivity contribution in [3.8, 4) is 0 Å². The van der Waals surface area contributed by atoms with Crippen molar-refractivity contribution in [3.05, 3.63) is 66.2 Å². The quantitative estimate of drug-likeness (QED) is 0.725. The standard InChI is InChI=1S/C18H20OTe/c1-3-7-15(8-4-1)11-17-12-16(13-19-17)14-20-18-9-5-2-6-10-18/h1-10,16-17H,11-14H2. The van der Waals surface area contributed by atoms with Crippen LogP contribution in [0.25, 0.3) is 0 Å². The maximum atomic E-state index is 5.98. The van der Waals surface area contributed by atoms with E-state index in [2.05, 4.69) is 60.7 Å². The first-order chi connectivity index (χ1) is 9.90. The molecule has 0 aromatic heterocycles. The predicted octanol–water partition coefficient (Wildman–Crippen LogP) is 3.08. The van der Waals surface area contributed by atoms with Gasteiger partial charge in [0.15, 0.2) is 0 Å². The molecule has 0 amide bonds. The minimum absolute atomic E-state index is 0.0315. The molecule has 0 N–H and O–H groups in total. The molecule has 1 aliphatic heterocycles. The Hall–Kier alpha value is -0.810. The van der Waals surface area contributed by atoms with E-state index in [0.29, 0.717) is 6.10 Å². The van der Waals surface area contributed by atoms with Gasteiger partial charge in [-0.15, -0.1) is 0 Å². The van der Waals surface area contributed by atoms with Crippen LogP contribution in [0.1, 0.15) is 12.0 Å². The molecule has 1 aliphatic rings. The van der Waals surface area contributed by atoms with Gasteiger partial charge in [-0.25, -0.2) is 0 Å². The van der Waals surface area contributed by atoms with Crippen molar-refractivity contribution in [2.75, 3.05) is 6.61 Å². The fourth-order valence-electron chi connectivity index (χ4n) is 2.65. The molecule has 0 radical (unpaired) electrons. The number of hydrogen-bond donors (Lipinski definition) is 0. The second-order valence-corrected chi connectivity index (χ2v) is 8.49. The van der Waals surface area contributed by atoms with Crippen LogP contribution in [0, 0.1) is 5.92 Å². The Kier molecular flexibility index (Phi) is 5.14. The topological polar surface area (TPSA) is 9.23 Å². The molecular weight excluding hydrogens is 360 g/mol. The molecule has 1 nitrogen and oxygen atoms in total. The van der Waals surface area contributed by atoms with E-state index in [-0.39, 0.29) is 20.9 Å². The molecular formula is C18H20OTe. The number of rotatable bonds is 5. The molecule has 20 heavy (non-hydrogen) atoms. The van der Waals surface area contributed by atoms with E-state index in [4.69, 9.17) is 4.74 Å². The molecule has 1 saturated heterocycles. The van der Waals surface area contributed by atoms with Crippen molar-refractivity contribution in [2.24, 2.45) is 5.92 Å². The van der Waals surface area contributed by atoms with E-state index in [1.165, 1.54) is 16.5 Å². The van der Waals surface area contributed by atoms with Crippen LogP contribution in [0.15, 0.2) is 60.7 Å². The van der Waals surface area contributed by atoms with Gasteiger partial charge >= 0.3 is 131 Å². The Labute approximate surface area is 131 Å². The summed E-state index contributed by atoms with van der Waals surface area (Å²) in [6.45, 7) is 0.967. The summed E-state index contributed by atoms with van der Waals surface area (Å²) in [5.41, 5.74) is 1.40. The normalized spacial score (nSPS) is 22.0. The molecule has 104 valence electrons. The van der Waals surface area contributed by atoms with Crippen molar-refractivity contribution in [2.45, 2.75) is 23.4 Å². The molecule has 1 heterocycles. The van der Waals surface area contributed by atoms with Gasteiger partial charge in [-0.3, -0.25) is 0 Å². The van der Waals surface area contributed by atoms with Crippen LogP contribution in [0.3, 0.4) is 0 Å². The zero-order chi connectivity index (χ0) is 13.6. The molecule has 1 fully saturated rings. The van der Waals surface area contributed by atoms with Crippen LogP contribution in [-0.4, -0.2) is 33.6 Å². The first-order valence-electron chi connectivity index (χ1n) is 7.23. The van der Waals surface area contributed by atoms with E-state index in [1.54, 1.807) is 3.61 Å². The predicted molar refractivity (Wildman–Crippen MR) is 84.6 cm³/mol. The van der Waals surface area contributed by atoms with Crippen molar-refractivity contribution < 1.29 is 4.74 Å². The second-order valence-electron chi connectivity index (χ2n) is 5.37. The van der Waals surface area contributed by atoms with E-state index in [9.17, 15) is 0 Å². The van der Waals surface area contributed by atoms with E-state index in [1.807, 2.05) is 0 Å². The third kappa shape index (κ3) is 4.09. The van der Waals surface area contributed by atoms with Crippen LogP contribution in [0.5, 0.6) is 0 Å². The molecule has 0 bridgehead atoms. The van der Waals surface area contributed by atoms with Gasteiger partial charge in [0.05, 0.1) is 0 Å². The van der Waals surface area contributed by atoms with Gasteiger partial charge in [-0.1, -0.05) is 0 Å². The Morgan fingerprint density at radius 1 is 0.950 bits per heavy atom. The zero-order valence-corrected chi connectivity index (χ0v) is 13.9. The number of hydrogen-bond acceptors (Lipinski definition) is 1. The number of benzene rings is 2. The molecule has 2 aromatic carbocycles. The summed E-state index contributed by atoms with van der Waals surface area (Å²) in [5.74, 6) is 0.784. The zero-order valence-electron chi connectivity index (χ0n) is 11.6. The van der Waals surface area contributed by atoms with E-state index >= 15 is 0 Å². The van der Waals surface area contributed by atoms with Gasteiger partial charge in [-0.05, 0) is 0 Å². The van der Waals surface area contributed by atoms with Crippen molar-refractivity contribution in [1.29, 1.82) is 0 Å². The average molecular weight is 380 g/mol. The van der Waals surface area contributed by atoms with E-state index in [0.717, 1.165) is 18.9 Å². The minimum atomic E-state index is -0.0315. The van der Waals surface area contributed by atoms with Crippen LogP contribution < -0.4 is 3.61 Å². The summed E-state index contributed by atoms with van der Waals surface area (Å²) in [6.07, 6.45) is 2.75. The van der Waals surface area contributed by atoms with Gasteiger partial charge in [0.1, 0.15) is 0 Å². The van der Waals surface area contributed by atoms with Gasteiger partial charge in [-0.2, -0.15) is 0 Å². The summed E-state index contributed by atoms with van der Waals surface area (Å²) in [7, 11) is 0. The van der Waals surface area contributed by atoms with E-state index < -0.39 is 0 Å². The Morgan fingerprint density at radius 2 is 1.65 bits per heavy atom. The van der Waals surface area contributed by atoms with Crippen LogP contribution in [0.4, 0.5) is 0 Å². The molecule has 3 rings (SSSR count). The number of ether oxygens (including phenoxy) is 1. The summed E-state index contributed by atoms with van der Waals surface area (Å²) in [4.78, 5) is 0. The third-order valence-electron chi connectivity index (χ3n) is 3.70. The summed E-state index contributed by atoms with van der Waals surface area (Å²) < 4.78 is 8.93. The fraction of sp³-hybridized carbons (Fsp3) is 0.333. The maximum absolute atomic E-state index is 5.98. The first kappa shape index (κ1) is 14.1. The SMILES string of the molecule is c1ccc(CC2CC(C[Te]c3ccccc3)CO2)cc1. The third-order valence-corrected chi connectivity index (χ3v) is 7.25. The summed E-state index contributed by atoms with van der Waals surface area (Å²) >= 11 is -0.0315. The van der Waals surface area contributed by atoms with Gasteiger partial charge in [0.25, 0.3) is 0 Å². The van der Waals surface area contributed by atoms with Gasteiger partial charge in [0, 0.05) is 0 Å². The summed E-state index contributed by atoms with van der Waals surface area (Å²) in [6, 6.07) is 21.7. The Morgan fingerprint density at radius 3 is 2.40 bits per heavy atom. The molecule has 0 aliphatic carbocycles. The molecule has 2 heteroatoms. The Balaban J connectivity index is 1.45. The molecule has 0 saturated carbocycles. The monoisotopic (exact) mass is 382 g/mol. The average Bonchev–Trinajstić information content (AvgIpc) is 2.95.